The van der Waals surface area contributed by atoms with Crippen LogP contribution in [0, 0.1) is 6.92 Å². The fourth-order valence-corrected chi connectivity index (χ4v) is 1.90. The van der Waals surface area contributed by atoms with Crippen molar-refractivity contribution < 1.29 is 4.57 Å². The molecular formula is C11H16N+. The highest BCUT2D eigenvalue weighted by Crippen LogP contribution is 2.08. The lowest BCUT2D eigenvalue weighted by molar-refractivity contribution is -0.703. The standard InChI is InChI=1S/C11H16N/c1-10-6-7-11-5-3-2-4-8-12(11)9-10/h6-7,9H,2-5,8H2,1H3/q+1. The van der Waals surface area contributed by atoms with Crippen LogP contribution in [-0.4, -0.2) is 0 Å². The molecule has 64 valence electrons. The lowest BCUT2D eigenvalue weighted by atomic mass is 10.2. The predicted octanol–water partition coefficient (Wildman–Crippen LogP) is 2.01. The van der Waals surface area contributed by atoms with E-state index in [2.05, 4.69) is 29.8 Å². The highest BCUT2D eigenvalue weighted by molar-refractivity contribution is 5.07. The first kappa shape index (κ1) is 7.78. The molecule has 0 aromatic carbocycles. The zero-order chi connectivity index (χ0) is 8.39. The van der Waals surface area contributed by atoms with Crippen molar-refractivity contribution in [2.24, 2.45) is 0 Å². The van der Waals surface area contributed by atoms with Gasteiger partial charge in [0.15, 0.2) is 11.9 Å². The third-order valence-corrected chi connectivity index (χ3v) is 2.60. The van der Waals surface area contributed by atoms with Gasteiger partial charge in [0.2, 0.25) is 0 Å². The molecule has 1 aromatic rings. The molecule has 0 spiro atoms. The Morgan fingerprint density at radius 1 is 1.17 bits per heavy atom. The van der Waals surface area contributed by atoms with Crippen molar-refractivity contribution in [3.8, 4) is 0 Å². The molecule has 1 heteroatoms. The summed E-state index contributed by atoms with van der Waals surface area (Å²) in [5, 5.41) is 0. The van der Waals surface area contributed by atoms with Crippen molar-refractivity contribution in [3.63, 3.8) is 0 Å². The Morgan fingerprint density at radius 3 is 3.00 bits per heavy atom. The average Bonchev–Trinajstić information content (AvgIpc) is 2.28. The summed E-state index contributed by atoms with van der Waals surface area (Å²) in [6.45, 7) is 3.38. The summed E-state index contributed by atoms with van der Waals surface area (Å²) in [6.07, 6.45) is 7.64. The van der Waals surface area contributed by atoms with Gasteiger partial charge in [-0.1, -0.05) is 0 Å². The van der Waals surface area contributed by atoms with Gasteiger partial charge in [-0.25, -0.2) is 4.57 Å². The number of aromatic nitrogens is 1. The van der Waals surface area contributed by atoms with Gasteiger partial charge in [-0.2, -0.15) is 0 Å². The minimum Gasteiger partial charge on any atom is -0.202 e. The number of aryl methyl sites for hydroxylation is 3. The van der Waals surface area contributed by atoms with Crippen molar-refractivity contribution >= 4 is 0 Å². The van der Waals surface area contributed by atoms with E-state index in [-0.39, 0.29) is 0 Å². The Morgan fingerprint density at radius 2 is 2.08 bits per heavy atom. The van der Waals surface area contributed by atoms with E-state index in [4.69, 9.17) is 0 Å². The zero-order valence-corrected chi connectivity index (χ0v) is 7.71. The zero-order valence-electron chi connectivity index (χ0n) is 7.71. The van der Waals surface area contributed by atoms with Crippen LogP contribution in [0.3, 0.4) is 0 Å². The largest absolute Gasteiger partial charge is 0.202 e. The molecule has 1 aliphatic rings. The van der Waals surface area contributed by atoms with E-state index < -0.39 is 0 Å². The van der Waals surface area contributed by atoms with Crippen LogP contribution in [0.15, 0.2) is 18.3 Å². The fourth-order valence-electron chi connectivity index (χ4n) is 1.90. The van der Waals surface area contributed by atoms with Gasteiger partial charge in [0.25, 0.3) is 0 Å². The van der Waals surface area contributed by atoms with Gasteiger partial charge in [0, 0.05) is 24.5 Å². The van der Waals surface area contributed by atoms with Crippen LogP contribution < -0.4 is 4.57 Å². The average molecular weight is 162 g/mol. The summed E-state index contributed by atoms with van der Waals surface area (Å²) in [5.41, 5.74) is 2.89. The molecular weight excluding hydrogens is 146 g/mol. The lowest BCUT2D eigenvalue weighted by Gasteiger charge is -1.99. The molecule has 1 nitrogen and oxygen atoms in total. The topological polar surface area (TPSA) is 3.88 Å². The molecule has 1 aliphatic heterocycles. The first-order valence-electron chi connectivity index (χ1n) is 4.85. The Hall–Kier alpha value is -0.850. The molecule has 0 bridgehead atoms. The minimum atomic E-state index is 1.22. The Labute approximate surface area is 74.0 Å². The van der Waals surface area contributed by atoms with Gasteiger partial charge in [-0.05, 0) is 25.8 Å². The van der Waals surface area contributed by atoms with E-state index in [9.17, 15) is 0 Å². The molecule has 0 saturated heterocycles. The van der Waals surface area contributed by atoms with Crippen LogP contribution in [0.5, 0.6) is 0 Å². The maximum atomic E-state index is 2.42. The third kappa shape index (κ3) is 1.50. The van der Waals surface area contributed by atoms with Gasteiger partial charge in [-0.3, -0.25) is 0 Å². The second-order valence-corrected chi connectivity index (χ2v) is 3.70. The number of fused-ring (bicyclic) bond motifs is 1. The Bertz CT molecular complexity index is 278. The quantitative estimate of drug-likeness (QED) is 0.514. The molecule has 2 heterocycles. The van der Waals surface area contributed by atoms with Crippen LogP contribution in [0.1, 0.15) is 30.5 Å². The van der Waals surface area contributed by atoms with E-state index in [1.165, 1.54) is 43.5 Å². The van der Waals surface area contributed by atoms with Crippen molar-refractivity contribution in [2.45, 2.75) is 39.2 Å². The number of nitrogens with zero attached hydrogens (tertiary/aromatic N) is 1. The van der Waals surface area contributed by atoms with Crippen LogP contribution >= 0.6 is 0 Å². The summed E-state index contributed by atoms with van der Waals surface area (Å²) < 4.78 is 2.42. The molecule has 2 rings (SSSR count). The van der Waals surface area contributed by atoms with Gasteiger partial charge < -0.3 is 0 Å². The molecule has 0 aliphatic carbocycles. The van der Waals surface area contributed by atoms with Crippen LogP contribution in [-0.2, 0) is 13.0 Å². The van der Waals surface area contributed by atoms with E-state index in [1.54, 1.807) is 0 Å². The normalized spacial score (nSPS) is 16.8. The molecule has 0 radical (unpaired) electrons. The summed E-state index contributed by atoms with van der Waals surface area (Å²) in [6, 6.07) is 4.50. The van der Waals surface area contributed by atoms with E-state index in [0.717, 1.165) is 0 Å². The van der Waals surface area contributed by atoms with E-state index in [0.29, 0.717) is 0 Å². The highest BCUT2D eigenvalue weighted by atomic mass is 15.0. The van der Waals surface area contributed by atoms with E-state index >= 15 is 0 Å². The minimum absolute atomic E-state index is 1.22. The molecule has 0 N–H and O–H groups in total. The molecule has 0 atom stereocenters. The van der Waals surface area contributed by atoms with Crippen molar-refractivity contribution in [3.05, 3.63) is 29.6 Å². The molecule has 0 unspecified atom stereocenters. The second kappa shape index (κ2) is 3.26. The van der Waals surface area contributed by atoms with Crippen LogP contribution in [0.4, 0.5) is 0 Å². The molecule has 0 amide bonds. The molecule has 0 fully saturated rings. The fraction of sp³-hybridized carbons (Fsp3) is 0.545. The van der Waals surface area contributed by atoms with E-state index in [1.807, 2.05) is 0 Å². The summed E-state index contributed by atoms with van der Waals surface area (Å²) >= 11 is 0. The van der Waals surface area contributed by atoms with Crippen molar-refractivity contribution in [2.75, 3.05) is 0 Å². The van der Waals surface area contributed by atoms with Gasteiger partial charge in [-0.15, -0.1) is 0 Å². The first-order valence-corrected chi connectivity index (χ1v) is 4.85. The number of rotatable bonds is 0. The SMILES string of the molecule is Cc1ccc2[n+](c1)CCCCC2. The number of hydrogen-bond donors (Lipinski definition) is 0. The highest BCUT2D eigenvalue weighted by Gasteiger charge is 2.13. The third-order valence-electron chi connectivity index (χ3n) is 2.60. The van der Waals surface area contributed by atoms with Crippen LogP contribution in [0.25, 0.3) is 0 Å². The van der Waals surface area contributed by atoms with Crippen molar-refractivity contribution in [1.82, 2.24) is 0 Å². The summed E-state index contributed by atoms with van der Waals surface area (Å²) in [4.78, 5) is 0. The summed E-state index contributed by atoms with van der Waals surface area (Å²) in [5.74, 6) is 0. The number of pyridine rings is 1. The molecule has 12 heavy (non-hydrogen) atoms. The number of hydrogen-bond acceptors (Lipinski definition) is 0. The first-order chi connectivity index (χ1) is 5.86. The Balaban J connectivity index is 2.36. The second-order valence-electron chi connectivity index (χ2n) is 3.70. The van der Waals surface area contributed by atoms with Gasteiger partial charge >= 0.3 is 0 Å². The van der Waals surface area contributed by atoms with Gasteiger partial charge in [0.05, 0.1) is 0 Å². The molecule has 0 saturated carbocycles. The smallest absolute Gasteiger partial charge is 0.181 e. The monoisotopic (exact) mass is 162 g/mol. The molecule has 1 aromatic heterocycles. The maximum Gasteiger partial charge on any atom is 0.181 e. The Kier molecular flexibility index (Phi) is 2.11. The predicted molar refractivity (Wildman–Crippen MR) is 48.9 cm³/mol. The lowest BCUT2D eigenvalue weighted by Crippen LogP contribution is -2.37. The van der Waals surface area contributed by atoms with Crippen LogP contribution in [0.2, 0.25) is 0 Å². The van der Waals surface area contributed by atoms with Crippen molar-refractivity contribution in [1.29, 1.82) is 0 Å². The maximum absolute atomic E-state index is 2.42. The summed E-state index contributed by atoms with van der Waals surface area (Å²) in [7, 11) is 0. The van der Waals surface area contributed by atoms with Gasteiger partial charge in [0.1, 0.15) is 6.54 Å².